The Morgan fingerprint density at radius 1 is 1.26 bits per heavy atom. The Balaban J connectivity index is 1.64. The van der Waals surface area contributed by atoms with Crippen molar-refractivity contribution in [1.82, 2.24) is 10.2 Å². The van der Waals surface area contributed by atoms with Crippen LogP contribution in [0.4, 0.5) is 0 Å². The molecule has 1 saturated heterocycles. The fourth-order valence-corrected chi connectivity index (χ4v) is 2.90. The van der Waals surface area contributed by atoms with Crippen molar-refractivity contribution in [3.8, 4) is 0 Å². The van der Waals surface area contributed by atoms with E-state index in [1.54, 1.807) is 0 Å². The van der Waals surface area contributed by atoms with E-state index in [-0.39, 0.29) is 0 Å². The van der Waals surface area contributed by atoms with Crippen molar-refractivity contribution in [3.63, 3.8) is 0 Å². The summed E-state index contributed by atoms with van der Waals surface area (Å²) in [6.45, 7) is 7.10. The van der Waals surface area contributed by atoms with Gasteiger partial charge >= 0.3 is 0 Å². The molecule has 1 aromatic carbocycles. The van der Waals surface area contributed by atoms with Crippen molar-refractivity contribution in [2.24, 2.45) is 0 Å². The molecule has 1 heterocycles. The standard InChI is InChI=1S/C16H25ClN2/c1-14(15-7-5-8-16(17)13-15)18-9-6-12-19-10-3-2-4-11-19/h5,7-8,13-14,18H,2-4,6,9-12H2,1H3. The lowest BCUT2D eigenvalue weighted by molar-refractivity contribution is 0.225. The van der Waals surface area contributed by atoms with E-state index in [1.807, 2.05) is 18.2 Å². The van der Waals surface area contributed by atoms with Gasteiger partial charge in [0.05, 0.1) is 0 Å². The lowest BCUT2D eigenvalue weighted by atomic mass is 10.1. The van der Waals surface area contributed by atoms with Crippen LogP contribution in [0.1, 0.15) is 44.2 Å². The second-order valence-corrected chi connectivity index (χ2v) is 5.92. The Hall–Kier alpha value is -0.570. The van der Waals surface area contributed by atoms with E-state index < -0.39 is 0 Å². The highest BCUT2D eigenvalue weighted by Crippen LogP contribution is 2.17. The van der Waals surface area contributed by atoms with Gasteiger partial charge in [0.1, 0.15) is 0 Å². The molecular formula is C16H25ClN2. The first-order valence-corrected chi connectivity index (χ1v) is 7.85. The van der Waals surface area contributed by atoms with Gasteiger partial charge in [0, 0.05) is 11.1 Å². The number of hydrogen-bond acceptors (Lipinski definition) is 2. The molecule has 0 spiro atoms. The molecule has 0 aromatic heterocycles. The highest BCUT2D eigenvalue weighted by Gasteiger charge is 2.09. The molecule has 1 unspecified atom stereocenters. The van der Waals surface area contributed by atoms with E-state index in [4.69, 9.17) is 11.6 Å². The van der Waals surface area contributed by atoms with E-state index in [1.165, 1.54) is 50.9 Å². The number of benzene rings is 1. The van der Waals surface area contributed by atoms with Crippen LogP contribution in [0.5, 0.6) is 0 Å². The molecule has 0 bridgehead atoms. The van der Waals surface area contributed by atoms with E-state index in [0.29, 0.717) is 6.04 Å². The maximum absolute atomic E-state index is 6.02. The third kappa shape index (κ3) is 5.13. The van der Waals surface area contributed by atoms with Crippen LogP contribution in [0.3, 0.4) is 0 Å². The lowest BCUT2D eigenvalue weighted by Gasteiger charge is -2.26. The summed E-state index contributed by atoms with van der Waals surface area (Å²) >= 11 is 6.02. The fourth-order valence-electron chi connectivity index (χ4n) is 2.70. The monoisotopic (exact) mass is 280 g/mol. The average molecular weight is 281 g/mol. The summed E-state index contributed by atoms with van der Waals surface area (Å²) in [6, 6.07) is 8.50. The van der Waals surface area contributed by atoms with Gasteiger partial charge in [0.2, 0.25) is 0 Å². The van der Waals surface area contributed by atoms with Crippen molar-refractivity contribution in [2.45, 2.75) is 38.6 Å². The molecule has 0 amide bonds. The topological polar surface area (TPSA) is 15.3 Å². The largest absolute Gasteiger partial charge is 0.310 e. The second-order valence-electron chi connectivity index (χ2n) is 5.49. The fraction of sp³-hybridized carbons (Fsp3) is 0.625. The summed E-state index contributed by atoms with van der Waals surface area (Å²) in [7, 11) is 0. The Bertz CT molecular complexity index is 375. The first-order valence-electron chi connectivity index (χ1n) is 7.47. The van der Waals surface area contributed by atoms with Crippen LogP contribution in [0.2, 0.25) is 5.02 Å². The zero-order valence-electron chi connectivity index (χ0n) is 11.9. The van der Waals surface area contributed by atoms with E-state index in [9.17, 15) is 0 Å². The van der Waals surface area contributed by atoms with E-state index in [0.717, 1.165) is 11.6 Å². The molecule has 19 heavy (non-hydrogen) atoms. The lowest BCUT2D eigenvalue weighted by Crippen LogP contribution is -2.32. The van der Waals surface area contributed by atoms with Crippen LogP contribution in [0.15, 0.2) is 24.3 Å². The maximum atomic E-state index is 6.02. The minimum Gasteiger partial charge on any atom is -0.310 e. The number of nitrogens with zero attached hydrogens (tertiary/aromatic N) is 1. The molecule has 1 atom stereocenters. The molecule has 2 rings (SSSR count). The van der Waals surface area contributed by atoms with Gasteiger partial charge in [-0.15, -0.1) is 0 Å². The molecule has 1 aliphatic rings. The summed E-state index contributed by atoms with van der Waals surface area (Å²) in [5, 5.41) is 4.40. The SMILES string of the molecule is CC(NCCCN1CCCCC1)c1cccc(Cl)c1. The highest BCUT2D eigenvalue weighted by atomic mass is 35.5. The number of piperidine rings is 1. The summed E-state index contributed by atoms with van der Waals surface area (Å²) in [6.07, 6.45) is 5.41. The summed E-state index contributed by atoms with van der Waals surface area (Å²) in [5.41, 5.74) is 1.27. The molecule has 3 heteroatoms. The van der Waals surface area contributed by atoms with Crippen LogP contribution >= 0.6 is 11.6 Å². The summed E-state index contributed by atoms with van der Waals surface area (Å²) in [4.78, 5) is 2.59. The predicted molar refractivity (Wildman–Crippen MR) is 82.8 cm³/mol. The molecule has 0 aliphatic carbocycles. The van der Waals surface area contributed by atoms with Crippen LogP contribution in [0.25, 0.3) is 0 Å². The molecule has 1 N–H and O–H groups in total. The van der Waals surface area contributed by atoms with E-state index in [2.05, 4.69) is 23.2 Å². The summed E-state index contributed by atoms with van der Waals surface area (Å²) in [5.74, 6) is 0. The van der Waals surface area contributed by atoms with E-state index >= 15 is 0 Å². The maximum Gasteiger partial charge on any atom is 0.0409 e. The van der Waals surface area contributed by atoms with Gasteiger partial charge in [-0.3, -0.25) is 0 Å². The molecule has 0 saturated carbocycles. The van der Waals surface area contributed by atoms with Gasteiger partial charge in [-0.2, -0.15) is 0 Å². The second kappa shape index (κ2) is 7.88. The minimum atomic E-state index is 0.375. The smallest absolute Gasteiger partial charge is 0.0409 e. The van der Waals surface area contributed by atoms with Gasteiger partial charge in [-0.05, 0) is 70.1 Å². The van der Waals surface area contributed by atoms with Crippen molar-refractivity contribution in [1.29, 1.82) is 0 Å². The molecule has 1 aromatic rings. The van der Waals surface area contributed by atoms with Gasteiger partial charge in [-0.25, -0.2) is 0 Å². The Morgan fingerprint density at radius 2 is 2.05 bits per heavy atom. The molecule has 1 aliphatic heterocycles. The van der Waals surface area contributed by atoms with Crippen molar-refractivity contribution >= 4 is 11.6 Å². The van der Waals surface area contributed by atoms with Crippen molar-refractivity contribution < 1.29 is 0 Å². The van der Waals surface area contributed by atoms with Crippen LogP contribution in [-0.4, -0.2) is 31.1 Å². The quantitative estimate of drug-likeness (QED) is 0.796. The van der Waals surface area contributed by atoms with Crippen LogP contribution < -0.4 is 5.32 Å². The van der Waals surface area contributed by atoms with Gasteiger partial charge in [0.15, 0.2) is 0 Å². The molecule has 0 radical (unpaired) electrons. The normalized spacial score (nSPS) is 18.4. The first-order chi connectivity index (χ1) is 9.25. The van der Waals surface area contributed by atoms with Gasteiger partial charge < -0.3 is 10.2 Å². The zero-order valence-corrected chi connectivity index (χ0v) is 12.6. The van der Waals surface area contributed by atoms with Crippen LogP contribution in [-0.2, 0) is 0 Å². The van der Waals surface area contributed by atoms with Crippen molar-refractivity contribution in [2.75, 3.05) is 26.2 Å². The minimum absolute atomic E-state index is 0.375. The third-order valence-electron chi connectivity index (χ3n) is 3.90. The number of likely N-dealkylation sites (tertiary alicyclic amines) is 1. The summed E-state index contributed by atoms with van der Waals surface area (Å²) < 4.78 is 0. The first kappa shape index (κ1) is 14.8. The van der Waals surface area contributed by atoms with Crippen LogP contribution in [0, 0.1) is 0 Å². The average Bonchev–Trinajstić information content (AvgIpc) is 2.44. The molecule has 1 fully saturated rings. The zero-order chi connectivity index (χ0) is 13.5. The van der Waals surface area contributed by atoms with Gasteiger partial charge in [-0.1, -0.05) is 30.2 Å². The number of hydrogen-bond donors (Lipinski definition) is 1. The Labute approximate surface area is 122 Å². The number of rotatable bonds is 6. The van der Waals surface area contributed by atoms with Crippen molar-refractivity contribution in [3.05, 3.63) is 34.9 Å². The number of halogens is 1. The highest BCUT2D eigenvalue weighted by molar-refractivity contribution is 6.30. The van der Waals surface area contributed by atoms with Gasteiger partial charge in [0.25, 0.3) is 0 Å². The molecule has 106 valence electrons. The number of nitrogens with one attached hydrogen (secondary N) is 1. The molecular weight excluding hydrogens is 256 g/mol. The third-order valence-corrected chi connectivity index (χ3v) is 4.13. The predicted octanol–water partition coefficient (Wildman–Crippen LogP) is 3.87. The Morgan fingerprint density at radius 3 is 2.79 bits per heavy atom. The molecule has 2 nitrogen and oxygen atoms in total. The Kier molecular flexibility index (Phi) is 6.15.